The van der Waals surface area contributed by atoms with Gasteiger partial charge >= 0.3 is 0 Å². The second-order valence-corrected chi connectivity index (χ2v) is 6.03. The number of hydrogen-bond donors (Lipinski definition) is 1. The average molecular weight is 276 g/mol. The summed E-state index contributed by atoms with van der Waals surface area (Å²) < 4.78 is 5.46. The standard InChI is InChI=1S/C17H28N2O/c1-13(2)19-11-9-15(10-12-19)18-14(3)16-7-5-6-8-17(16)20-4/h5-8,13-15,18H,9-12H2,1-4H3/t14-/m0/s1. The van der Waals surface area contributed by atoms with Crippen LogP contribution in [0, 0.1) is 0 Å². The van der Waals surface area contributed by atoms with E-state index in [2.05, 4.69) is 43.1 Å². The average Bonchev–Trinajstić information content (AvgIpc) is 2.47. The van der Waals surface area contributed by atoms with E-state index in [1.807, 2.05) is 12.1 Å². The second kappa shape index (κ2) is 7.09. The molecule has 0 radical (unpaired) electrons. The molecule has 1 aliphatic rings. The Morgan fingerprint density at radius 1 is 1.15 bits per heavy atom. The van der Waals surface area contributed by atoms with Crippen molar-refractivity contribution in [2.75, 3.05) is 20.2 Å². The van der Waals surface area contributed by atoms with Crippen molar-refractivity contribution in [3.05, 3.63) is 29.8 Å². The molecule has 3 heteroatoms. The molecule has 0 aromatic heterocycles. The molecule has 1 heterocycles. The molecule has 1 aliphatic heterocycles. The molecule has 3 nitrogen and oxygen atoms in total. The van der Waals surface area contributed by atoms with E-state index in [1.54, 1.807) is 7.11 Å². The van der Waals surface area contributed by atoms with Crippen LogP contribution in [0.1, 0.15) is 45.2 Å². The number of rotatable bonds is 5. The van der Waals surface area contributed by atoms with E-state index in [-0.39, 0.29) is 0 Å². The van der Waals surface area contributed by atoms with Crippen molar-refractivity contribution in [1.29, 1.82) is 0 Å². The van der Waals surface area contributed by atoms with Crippen LogP contribution in [0.3, 0.4) is 0 Å². The van der Waals surface area contributed by atoms with E-state index < -0.39 is 0 Å². The zero-order valence-electron chi connectivity index (χ0n) is 13.2. The van der Waals surface area contributed by atoms with Gasteiger partial charge < -0.3 is 15.0 Å². The van der Waals surface area contributed by atoms with Crippen LogP contribution in [0.4, 0.5) is 0 Å². The number of hydrogen-bond acceptors (Lipinski definition) is 3. The topological polar surface area (TPSA) is 24.5 Å². The summed E-state index contributed by atoms with van der Waals surface area (Å²) in [4.78, 5) is 2.56. The molecule has 1 fully saturated rings. The van der Waals surface area contributed by atoms with E-state index in [4.69, 9.17) is 4.74 Å². The number of likely N-dealkylation sites (tertiary alicyclic amines) is 1. The molecule has 0 spiro atoms. The van der Waals surface area contributed by atoms with Gasteiger partial charge in [0.05, 0.1) is 7.11 Å². The summed E-state index contributed by atoms with van der Waals surface area (Å²) in [6.45, 7) is 9.20. The molecule has 0 saturated carbocycles. The number of ether oxygens (including phenoxy) is 1. The first-order valence-electron chi connectivity index (χ1n) is 7.74. The van der Waals surface area contributed by atoms with Crippen LogP contribution in [-0.2, 0) is 0 Å². The number of piperidine rings is 1. The summed E-state index contributed by atoms with van der Waals surface area (Å²) in [5.74, 6) is 0.979. The highest BCUT2D eigenvalue weighted by Gasteiger charge is 2.22. The van der Waals surface area contributed by atoms with Gasteiger partial charge in [0.1, 0.15) is 5.75 Å². The van der Waals surface area contributed by atoms with E-state index in [0.29, 0.717) is 18.1 Å². The van der Waals surface area contributed by atoms with Gasteiger partial charge in [0.2, 0.25) is 0 Å². The Labute approximate surface area is 123 Å². The van der Waals surface area contributed by atoms with E-state index in [1.165, 1.54) is 31.5 Å². The lowest BCUT2D eigenvalue weighted by atomic mass is 10.0. The lowest BCUT2D eigenvalue weighted by molar-refractivity contribution is 0.157. The highest BCUT2D eigenvalue weighted by molar-refractivity contribution is 5.35. The van der Waals surface area contributed by atoms with Crippen LogP contribution in [-0.4, -0.2) is 37.2 Å². The molecule has 0 bridgehead atoms. The smallest absolute Gasteiger partial charge is 0.123 e. The second-order valence-electron chi connectivity index (χ2n) is 6.03. The Kier molecular flexibility index (Phi) is 5.44. The first-order chi connectivity index (χ1) is 9.61. The fraction of sp³-hybridized carbons (Fsp3) is 0.647. The normalized spacial score (nSPS) is 19.2. The summed E-state index contributed by atoms with van der Waals surface area (Å²) in [6.07, 6.45) is 2.47. The van der Waals surface area contributed by atoms with Gasteiger partial charge in [0.15, 0.2) is 0 Å². The maximum atomic E-state index is 5.46. The van der Waals surface area contributed by atoms with E-state index >= 15 is 0 Å². The molecule has 2 rings (SSSR count). The maximum Gasteiger partial charge on any atom is 0.123 e. The van der Waals surface area contributed by atoms with Gasteiger partial charge in [0.25, 0.3) is 0 Å². The number of nitrogens with zero attached hydrogens (tertiary/aromatic N) is 1. The third kappa shape index (κ3) is 3.74. The molecular weight excluding hydrogens is 248 g/mol. The minimum Gasteiger partial charge on any atom is -0.496 e. The zero-order chi connectivity index (χ0) is 14.5. The number of benzene rings is 1. The predicted molar refractivity (Wildman–Crippen MR) is 84.3 cm³/mol. The summed E-state index contributed by atoms with van der Waals surface area (Å²) in [5.41, 5.74) is 1.25. The predicted octanol–water partition coefficient (Wildman–Crippen LogP) is 3.22. The summed E-state index contributed by atoms with van der Waals surface area (Å²) in [6, 6.07) is 9.91. The fourth-order valence-corrected chi connectivity index (χ4v) is 3.05. The first-order valence-corrected chi connectivity index (χ1v) is 7.74. The van der Waals surface area contributed by atoms with Crippen molar-refractivity contribution < 1.29 is 4.74 Å². The maximum absolute atomic E-state index is 5.46. The Balaban J connectivity index is 1.91. The lowest BCUT2D eigenvalue weighted by Gasteiger charge is -2.36. The van der Waals surface area contributed by atoms with Crippen molar-refractivity contribution in [3.63, 3.8) is 0 Å². The van der Waals surface area contributed by atoms with Crippen LogP contribution in [0.25, 0.3) is 0 Å². The molecule has 1 aromatic rings. The van der Waals surface area contributed by atoms with Gasteiger partial charge in [-0.1, -0.05) is 18.2 Å². The SMILES string of the molecule is COc1ccccc1[C@H](C)NC1CCN(C(C)C)CC1. The molecule has 1 atom stereocenters. The summed E-state index contributed by atoms with van der Waals surface area (Å²) >= 11 is 0. The Hall–Kier alpha value is -1.06. The fourth-order valence-electron chi connectivity index (χ4n) is 3.05. The molecule has 20 heavy (non-hydrogen) atoms. The Morgan fingerprint density at radius 3 is 2.40 bits per heavy atom. The molecule has 1 N–H and O–H groups in total. The van der Waals surface area contributed by atoms with Gasteiger partial charge in [-0.05, 0) is 52.8 Å². The van der Waals surface area contributed by atoms with Gasteiger partial charge in [-0.3, -0.25) is 0 Å². The molecule has 1 saturated heterocycles. The van der Waals surface area contributed by atoms with Gasteiger partial charge in [-0.2, -0.15) is 0 Å². The number of para-hydroxylation sites is 1. The molecule has 0 aliphatic carbocycles. The number of methoxy groups -OCH3 is 1. The van der Waals surface area contributed by atoms with Crippen LogP contribution >= 0.6 is 0 Å². The summed E-state index contributed by atoms with van der Waals surface area (Å²) in [7, 11) is 1.74. The van der Waals surface area contributed by atoms with Crippen LogP contribution < -0.4 is 10.1 Å². The minimum absolute atomic E-state index is 0.335. The molecule has 112 valence electrons. The monoisotopic (exact) mass is 276 g/mol. The summed E-state index contributed by atoms with van der Waals surface area (Å²) in [5, 5.41) is 3.76. The highest BCUT2D eigenvalue weighted by Crippen LogP contribution is 2.26. The third-order valence-corrected chi connectivity index (χ3v) is 4.35. The van der Waals surface area contributed by atoms with E-state index in [9.17, 15) is 0 Å². The minimum atomic E-state index is 0.335. The molecule has 0 amide bonds. The Bertz CT molecular complexity index is 411. The van der Waals surface area contributed by atoms with Gasteiger partial charge in [0, 0.05) is 23.7 Å². The van der Waals surface area contributed by atoms with Crippen molar-refractivity contribution in [2.24, 2.45) is 0 Å². The van der Waals surface area contributed by atoms with Crippen molar-refractivity contribution >= 4 is 0 Å². The highest BCUT2D eigenvalue weighted by atomic mass is 16.5. The van der Waals surface area contributed by atoms with Crippen molar-refractivity contribution in [1.82, 2.24) is 10.2 Å². The van der Waals surface area contributed by atoms with Gasteiger partial charge in [-0.15, -0.1) is 0 Å². The molecule has 0 unspecified atom stereocenters. The largest absolute Gasteiger partial charge is 0.496 e. The Morgan fingerprint density at radius 2 is 1.80 bits per heavy atom. The quantitative estimate of drug-likeness (QED) is 0.893. The first kappa shape index (κ1) is 15.3. The molecule has 1 aromatic carbocycles. The van der Waals surface area contributed by atoms with E-state index in [0.717, 1.165) is 5.75 Å². The van der Waals surface area contributed by atoms with Gasteiger partial charge in [-0.25, -0.2) is 0 Å². The van der Waals surface area contributed by atoms with Crippen LogP contribution in [0.15, 0.2) is 24.3 Å². The van der Waals surface area contributed by atoms with Crippen molar-refractivity contribution in [2.45, 2.75) is 51.7 Å². The van der Waals surface area contributed by atoms with Crippen LogP contribution in [0.2, 0.25) is 0 Å². The molecular formula is C17H28N2O. The number of nitrogens with one attached hydrogen (secondary N) is 1. The van der Waals surface area contributed by atoms with Crippen molar-refractivity contribution in [3.8, 4) is 5.75 Å². The third-order valence-electron chi connectivity index (χ3n) is 4.35. The van der Waals surface area contributed by atoms with Crippen LogP contribution in [0.5, 0.6) is 5.75 Å². The zero-order valence-corrected chi connectivity index (χ0v) is 13.2. The lowest BCUT2D eigenvalue weighted by Crippen LogP contribution is -2.45.